The molecule has 176 valence electrons. The van der Waals surface area contributed by atoms with Gasteiger partial charge >= 0.3 is 0 Å². The molecule has 0 spiro atoms. The highest BCUT2D eigenvalue weighted by molar-refractivity contribution is 5.86. The van der Waals surface area contributed by atoms with Crippen molar-refractivity contribution in [1.29, 1.82) is 0 Å². The van der Waals surface area contributed by atoms with E-state index in [4.69, 9.17) is 0 Å². The first-order chi connectivity index (χ1) is 16.5. The van der Waals surface area contributed by atoms with Gasteiger partial charge < -0.3 is 20.0 Å². The highest BCUT2D eigenvalue weighted by Gasteiger charge is 2.29. The second-order valence-corrected chi connectivity index (χ2v) is 8.58. The molecule has 2 N–H and O–H groups in total. The van der Waals surface area contributed by atoms with Gasteiger partial charge in [0, 0.05) is 30.5 Å². The molecule has 1 aliphatic rings. The number of fused-ring (bicyclic) bond motifs is 1. The number of hydrogen-bond donors (Lipinski definition) is 2. The Morgan fingerprint density at radius 1 is 1.15 bits per heavy atom. The van der Waals surface area contributed by atoms with Crippen molar-refractivity contribution in [3.63, 3.8) is 0 Å². The maximum atomic E-state index is 13.4. The van der Waals surface area contributed by atoms with Crippen LogP contribution >= 0.6 is 0 Å². The lowest BCUT2D eigenvalue weighted by molar-refractivity contribution is -0.130. The van der Waals surface area contributed by atoms with Crippen LogP contribution in [0.3, 0.4) is 0 Å². The third-order valence-corrected chi connectivity index (χ3v) is 6.25. The summed E-state index contributed by atoms with van der Waals surface area (Å²) < 4.78 is 14.8. The summed E-state index contributed by atoms with van der Waals surface area (Å²) in [6, 6.07) is 12.7. The van der Waals surface area contributed by atoms with Crippen molar-refractivity contribution >= 4 is 28.9 Å². The van der Waals surface area contributed by atoms with Crippen LogP contribution in [0.4, 0.5) is 4.39 Å². The summed E-state index contributed by atoms with van der Waals surface area (Å²) in [6.45, 7) is 0.609. The van der Waals surface area contributed by atoms with E-state index in [-0.39, 0.29) is 30.2 Å². The first kappa shape index (κ1) is 23.4. The van der Waals surface area contributed by atoms with Crippen LogP contribution < -0.4 is 16.2 Å². The Hall–Kier alpha value is -3.81. The van der Waals surface area contributed by atoms with Crippen LogP contribution in [0.2, 0.25) is 0 Å². The molecule has 3 aromatic rings. The van der Waals surface area contributed by atoms with E-state index in [1.54, 1.807) is 36.5 Å². The molecular weight excluding hydrogens is 437 g/mol. The zero-order chi connectivity index (χ0) is 24.1. The van der Waals surface area contributed by atoms with Crippen molar-refractivity contribution < 1.29 is 18.8 Å². The molecule has 2 amide bonds. The molecular formula is C26H26FN3O4. The molecule has 0 saturated carbocycles. The van der Waals surface area contributed by atoms with Crippen molar-refractivity contribution in [2.24, 2.45) is 5.92 Å². The smallest absolute Gasteiger partial charge is 0.259 e. The number of carbonyl (C=O) groups excluding carboxylic acids is 3. The average molecular weight is 464 g/mol. The predicted molar refractivity (Wildman–Crippen MR) is 126 cm³/mol. The van der Waals surface area contributed by atoms with E-state index in [9.17, 15) is 23.6 Å². The lowest BCUT2D eigenvalue weighted by atomic mass is 9.92. The Labute approximate surface area is 196 Å². The van der Waals surface area contributed by atoms with Crippen LogP contribution in [-0.2, 0) is 20.8 Å². The Morgan fingerprint density at radius 3 is 2.65 bits per heavy atom. The molecule has 1 aliphatic heterocycles. The van der Waals surface area contributed by atoms with Crippen LogP contribution in [0.25, 0.3) is 10.8 Å². The van der Waals surface area contributed by atoms with E-state index in [1.165, 1.54) is 16.7 Å². The quantitative estimate of drug-likeness (QED) is 0.502. The summed E-state index contributed by atoms with van der Waals surface area (Å²) in [4.78, 5) is 50.5. The van der Waals surface area contributed by atoms with Gasteiger partial charge in [-0.05, 0) is 54.5 Å². The lowest BCUT2D eigenvalue weighted by Gasteiger charge is -2.26. The molecule has 2 aromatic carbocycles. The number of pyridine rings is 1. The number of nitrogens with one attached hydrogen (secondary N) is 2. The number of piperidine rings is 1. The van der Waals surface area contributed by atoms with Gasteiger partial charge in [0.15, 0.2) is 0 Å². The molecule has 8 heteroatoms. The highest BCUT2D eigenvalue weighted by Crippen LogP contribution is 2.20. The van der Waals surface area contributed by atoms with Crippen molar-refractivity contribution in [2.75, 3.05) is 6.54 Å². The molecule has 0 radical (unpaired) electrons. The molecule has 0 bridgehead atoms. The number of hydrogen-bond acceptors (Lipinski definition) is 4. The van der Waals surface area contributed by atoms with Crippen molar-refractivity contribution in [3.8, 4) is 0 Å². The Balaban J connectivity index is 1.63. The van der Waals surface area contributed by atoms with E-state index in [1.807, 2.05) is 12.1 Å². The van der Waals surface area contributed by atoms with Crippen molar-refractivity contribution in [1.82, 2.24) is 15.2 Å². The van der Waals surface area contributed by atoms with Gasteiger partial charge in [0.2, 0.25) is 11.8 Å². The maximum Gasteiger partial charge on any atom is 0.259 e. The molecule has 1 fully saturated rings. The van der Waals surface area contributed by atoms with Gasteiger partial charge in [-0.2, -0.15) is 0 Å². The monoisotopic (exact) mass is 463 g/mol. The van der Waals surface area contributed by atoms with Gasteiger partial charge in [-0.3, -0.25) is 14.4 Å². The fourth-order valence-corrected chi connectivity index (χ4v) is 4.41. The summed E-state index contributed by atoms with van der Waals surface area (Å²) in [6.07, 6.45) is 3.96. The number of carbonyl (C=O) groups is 3. The first-order valence-corrected chi connectivity index (χ1v) is 11.3. The maximum absolute atomic E-state index is 13.4. The number of benzene rings is 2. The van der Waals surface area contributed by atoms with Gasteiger partial charge in [0.05, 0.1) is 6.04 Å². The fourth-order valence-electron chi connectivity index (χ4n) is 4.41. The molecule has 4 rings (SSSR count). The number of amides is 2. The van der Waals surface area contributed by atoms with Crippen LogP contribution in [0, 0.1) is 11.7 Å². The normalized spacial score (nSPS) is 17.6. The largest absolute Gasteiger partial charge is 0.356 e. The van der Waals surface area contributed by atoms with E-state index >= 15 is 0 Å². The molecule has 1 aromatic heterocycles. The van der Waals surface area contributed by atoms with Gasteiger partial charge in [0.25, 0.3) is 5.56 Å². The van der Waals surface area contributed by atoms with Crippen LogP contribution in [0.5, 0.6) is 0 Å². The molecule has 7 nitrogen and oxygen atoms in total. The predicted octanol–water partition coefficient (Wildman–Crippen LogP) is 2.52. The standard InChI is InChI=1S/C26H26FN3O4/c27-20-9-7-17(8-10-20)14-23(30-13-11-18-4-1-2-6-22(18)26(30)34)25(33)29-21(16-31)15-19-5-3-12-28-24(19)32/h1-2,4,6-11,13,16,19,21,23H,3,5,12,14-15H2,(H,28,32)(H,29,33)/t19-,21-,23-/m0/s1. The molecule has 3 atom stereocenters. The SMILES string of the molecule is O=C[C@H](C[C@@H]1CCCNC1=O)NC(=O)[C@H](Cc1ccc(F)cc1)n1ccc2ccccc2c1=O. The number of rotatable bonds is 8. The minimum atomic E-state index is -0.967. The van der Waals surface area contributed by atoms with Crippen molar-refractivity contribution in [3.05, 3.63) is 82.5 Å². The molecule has 2 heterocycles. The first-order valence-electron chi connectivity index (χ1n) is 11.3. The summed E-state index contributed by atoms with van der Waals surface area (Å²) in [7, 11) is 0. The van der Waals surface area contributed by atoms with Crippen LogP contribution in [-0.4, -0.2) is 35.3 Å². The third-order valence-electron chi connectivity index (χ3n) is 6.25. The molecule has 1 saturated heterocycles. The van der Waals surface area contributed by atoms with E-state index in [0.29, 0.717) is 30.2 Å². The summed E-state index contributed by atoms with van der Waals surface area (Å²) >= 11 is 0. The minimum absolute atomic E-state index is 0.124. The van der Waals surface area contributed by atoms with Crippen LogP contribution in [0.15, 0.2) is 65.6 Å². The number of aromatic nitrogens is 1. The fraction of sp³-hybridized carbons (Fsp3) is 0.308. The minimum Gasteiger partial charge on any atom is -0.356 e. The number of nitrogens with zero attached hydrogens (tertiary/aromatic N) is 1. The zero-order valence-corrected chi connectivity index (χ0v) is 18.6. The molecule has 0 aliphatic carbocycles. The summed E-state index contributed by atoms with van der Waals surface area (Å²) in [5, 5.41) is 6.72. The highest BCUT2D eigenvalue weighted by atomic mass is 19.1. The van der Waals surface area contributed by atoms with Crippen LogP contribution in [0.1, 0.15) is 30.9 Å². The Morgan fingerprint density at radius 2 is 1.91 bits per heavy atom. The van der Waals surface area contributed by atoms with Crippen molar-refractivity contribution in [2.45, 2.75) is 37.8 Å². The van der Waals surface area contributed by atoms with E-state index < -0.39 is 23.8 Å². The average Bonchev–Trinajstić information content (AvgIpc) is 2.85. The third kappa shape index (κ3) is 5.22. The molecule has 0 unspecified atom stereocenters. The van der Waals surface area contributed by atoms with Gasteiger partial charge in [-0.25, -0.2) is 4.39 Å². The Kier molecular flexibility index (Phi) is 7.15. The van der Waals surface area contributed by atoms with E-state index in [0.717, 1.165) is 11.8 Å². The van der Waals surface area contributed by atoms with E-state index in [2.05, 4.69) is 10.6 Å². The van der Waals surface area contributed by atoms with Gasteiger partial charge in [-0.1, -0.05) is 30.3 Å². The zero-order valence-electron chi connectivity index (χ0n) is 18.6. The molecule has 34 heavy (non-hydrogen) atoms. The second kappa shape index (κ2) is 10.4. The lowest BCUT2D eigenvalue weighted by Crippen LogP contribution is -2.46. The van der Waals surface area contributed by atoms with Gasteiger partial charge in [0.1, 0.15) is 18.1 Å². The van der Waals surface area contributed by atoms with Gasteiger partial charge in [-0.15, -0.1) is 0 Å². The number of halogens is 1. The number of aldehydes is 1. The summed E-state index contributed by atoms with van der Waals surface area (Å²) in [5.41, 5.74) is 0.325. The second-order valence-electron chi connectivity index (χ2n) is 8.58. The Bertz CT molecular complexity index is 1250. The topological polar surface area (TPSA) is 97.3 Å². The summed E-state index contributed by atoms with van der Waals surface area (Å²) in [5.74, 6) is -1.40.